The highest BCUT2D eigenvalue weighted by atomic mass is 16.2. The van der Waals surface area contributed by atoms with Crippen molar-refractivity contribution in [2.45, 2.75) is 45.6 Å². The molecule has 3 atom stereocenters. The molecule has 1 aliphatic carbocycles. The first-order valence-electron chi connectivity index (χ1n) is 6.69. The van der Waals surface area contributed by atoms with Crippen molar-refractivity contribution in [1.82, 2.24) is 10.6 Å². The van der Waals surface area contributed by atoms with Crippen LogP contribution in [0, 0.1) is 17.8 Å². The predicted octanol–water partition coefficient (Wildman–Crippen LogP) is 1.54. The molecule has 1 amide bonds. The van der Waals surface area contributed by atoms with E-state index in [1.54, 1.807) is 0 Å². The summed E-state index contributed by atoms with van der Waals surface area (Å²) in [7, 11) is 0. The first-order valence-corrected chi connectivity index (χ1v) is 6.69. The molecule has 3 nitrogen and oxygen atoms in total. The third-order valence-corrected chi connectivity index (χ3v) is 4.33. The maximum atomic E-state index is 12.1. The van der Waals surface area contributed by atoms with Gasteiger partial charge in [-0.25, -0.2) is 0 Å². The highest BCUT2D eigenvalue weighted by Crippen LogP contribution is 2.28. The van der Waals surface area contributed by atoms with Crippen molar-refractivity contribution in [2.75, 3.05) is 13.1 Å². The number of amides is 1. The van der Waals surface area contributed by atoms with Crippen LogP contribution in [0.4, 0.5) is 0 Å². The second kappa shape index (κ2) is 5.17. The van der Waals surface area contributed by atoms with E-state index in [1.165, 1.54) is 25.7 Å². The normalized spacial score (nSPS) is 32.9. The van der Waals surface area contributed by atoms with E-state index in [2.05, 4.69) is 24.5 Å². The quantitative estimate of drug-likeness (QED) is 0.763. The molecule has 1 unspecified atom stereocenters. The van der Waals surface area contributed by atoms with Crippen LogP contribution >= 0.6 is 0 Å². The molecule has 0 aromatic rings. The maximum absolute atomic E-state index is 12.1. The van der Waals surface area contributed by atoms with Crippen LogP contribution in [0.15, 0.2) is 0 Å². The summed E-state index contributed by atoms with van der Waals surface area (Å²) in [6.45, 7) is 6.16. The lowest BCUT2D eigenvalue weighted by atomic mass is 9.95. The van der Waals surface area contributed by atoms with E-state index >= 15 is 0 Å². The molecule has 0 aromatic heterocycles. The van der Waals surface area contributed by atoms with Gasteiger partial charge >= 0.3 is 0 Å². The molecule has 1 aliphatic heterocycles. The molecule has 2 N–H and O–H groups in total. The Kier molecular flexibility index (Phi) is 3.85. The second-order valence-electron chi connectivity index (χ2n) is 5.58. The minimum atomic E-state index is 0.184. The predicted molar refractivity (Wildman–Crippen MR) is 65.1 cm³/mol. The lowest BCUT2D eigenvalue weighted by molar-refractivity contribution is -0.126. The molecule has 2 fully saturated rings. The van der Waals surface area contributed by atoms with Crippen LogP contribution in [-0.2, 0) is 4.79 Å². The number of rotatable bonds is 3. The average molecular weight is 224 g/mol. The molecule has 0 spiro atoms. The molecule has 2 aliphatic rings. The van der Waals surface area contributed by atoms with Gasteiger partial charge in [-0.3, -0.25) is 4.79 Å². The third kappa shape index (κ3) is 2.57. The van der Waals surface area contributed by atoms with Gasteiger partial charge in [0.1, 0.15) is 0 Å². The zero-order valence-corrected chi connectivity index (χ0v) is 10.5. The van der Waals surface area contributed by atoms with Crippen molar-refractivity contribution in [3.63, 3.8) is 0 Å². The first kappa shape index (κ1) is 11.9. The standard InChI is InChI=1S/C13H24N2O/c1-9-7-14-8-12(9)13(16)15-10(2)11-5-3-4-6-11/h9-12,14H,3-8H2,1-2H3,(H,15,16)/t9-,10?,12-/m1/s1. The van der Waals surface area contributed by atoms with Gasteiger partial charge in [-0.1, -0.05) is 19.8 Å². The average Bonchev–Trinajstić information content (AvgIpc) is 2.86. The van der Waals surface area contributed by atoms with Crippen molar-refractivity contribution < 1.29 is 4.79 Å². The Labute approximate surface area is 98.4 Å². The minimum Gasteiger partial charge on any atom is -0.353 e. The summed E-state index contributed by atoms with van der Waals surface area (Å²) >= 11 is 0. The Balaban J connectivity index is 1.81. The highest BCUT2D eigenvalue weighted by Gasteiger charge is 2.31. The number of hydrogen-bond acceptors (Lipinski definition) is 2. The molecular formula is C13H24N2O. The van der Waals surface area contributed by atoms with E-state index in [4.69, 9.17) is 0 Å². The van der Waals surface area contributed by atoms with Crippen molar-refractivity contribution >= 4 is 5.91 Å². The van der Waals surface area contributed by atoms with E-state index in [0.29, 0.717) is 17.9 Å². The van der Waals surface area contributed by atoms with Gasteiger partial charge in [0.2, 0.25) is 5.91 Å². The third-order valence-electron chi connectivity index (χ3n) is 4.33. The minimum absolute atomic E-state index is 0.184. The van der Waals surface area contributed by atoms with Crippen LogP contribution in [0.5, 0.6) is 0 Å². The first-order chi connectivity index (χ1) is 7.68. The molecule has 92 valence electrons. The zero-order valence-electron chi connectivity index (χ0n) is 10.5. The Morgan fingerprint density at radius 1 is 1.31 bits per heavy atom. The number of hydrogen-bond donors (Lipinski definition) is 2. The molecule has 0 bridgehead atoms. The summed E-state index contributed by atoms with van der Waals surface area (Å²) in [5.74, 6) is 1.64. The van der Waals surface area contributed by atoms with E-state index < -0.39 is 0 Å². The van der Waals surface area contributed by atoms with Crippen LogP contribution in [0.3, 0.4) is 0 Å². The molecule has 1 saturated carbocycles. The van der Waals surface area contributed by atoms with Crippen molar-refractivity contribution in [2.24, 2.45) is 17.8 Å². The summed E-state index contributed by atoms with van der Waals surface area (Å²) in [5.41, 5.74) is 0. The monoisotopic (exact) mass is 224 g/mol. The summed E-state index contributed by atoms with van der Waals surface area (Å²) in [4.78, 5) is 12.1. The topological polar surface area (TPSA) is 41.1 Å². The van der Waals surface area contributed by atoms with E-state index in [1.807, 2.05) is 0 Å². The molecular weight excluding hydrogens is 200 g/mol. The van der Waals surface area contributed by atoms with Crippen LogP contribution in [0.1, 0.15) is 39.5 Å². The fraction of sp³-hybridized carbons (Fsp3) is 0.923. The summed E-state index contributed by atoms with van der Waals surface area (Å²) in [6, 6.07) is 0.364. The van der Waals surface area contributed by atoms with Crippen LogP contribution in [0.25, 0.3) is 0 Å². The van der Waals surface area contributed by atoms with Gasteiger partial charge in [0.15, 0.2) is 0 Å². The van der Waals surface area contributed by atoms with Gasteiger partial charge in [-0.2, -0.15) is 0 Å². The molecule has 16 heavy (non-hydrogen) atoms. The van der Waals surface area contributed by atoms with Gasteiger partial charge in [-0.05, 0) is 38.1 Å². The number of carbonyl (C=O) groups excluding carboxylic acids is 1. The van der Waals surface area contributed by atoms with Crippen molar-refractivity contribution in [3.05, 3.63) is 0 Å². The maximum Gasteiger partial charge on any atom is 0.224 e. The van der Waals surface area contributed by atoms with E-state index in [0.717, 1.165) is 13.1 Å². The lowest BCUT2D eigenvalue weighted by Gasteiger charge is -2.23. The van der Waals surface area contributed by atoms with Gasteiger partial charge < -0.3 is 10.6 Å². The van der Waals surface area contributed by atoms with Gasteiger partial charge in [-0.15, -0.1) is 0 Å². The fourth-order valence-corrected chi connectivity index (χ4v) is 3.07. The molecule has 2 rings (SSSR count). The van der Waals surface area contributed by atoms with Crippen LogP contribution < -0.4 is 10.6 Å². The largest absolute Gasteiger partial charge is 0.353 e. The Morgan fingerprint density at radius 2 is 2.00 bits per heavy atom. The van der Waals surface area contributed by atoms with Gasteiger partial charge in [0.05, 0.1) is 5.92 Å². The number of carbonyl (C=O) groups is 1. The van der Waals surface area contributed by atoms with Crippen LogP contribution in [0.2, 0.25) is 0 Å². The van der Waals surface area contributed by atoms with Gasteiger partial charge in [0, 0.05) is 12.6 Å². The second-order valence-corrected chi connectivity index (χ2v) is 5.58. The van der Waals surface area contributed by atoms with Crippen molar-refractivity contribution in [1.29, 1.82) is 0 Å². The molecule has 1 saturated heterocycles. The van der Waals surface area contributed by atoms with Crippen LogP contribution in [-0.4, -0.2) is 25.0 Å². The molecule has 0 radical (unpaired) electrons. The summed E-state index contributed by atoms with van der Waals surface area (Å²) in [5, 5.41) is 6.50. The molecule has 3 heteroatoms. The van der Waals surface area contributed by atoms with E-state index in [9.17, 15) is 4.79 Å². The lowest BCUT2D eigenvalue weighted by Crippen LogP contribution is -2.42. The fourth-order valence-electron chi connectivity index (χ4n) is 3.07. The summed E-state index contributed by atoms with van der Waals surface area (Å²) in [6.07, 6.45) is 5.26. The highest BCUT2D eigenvalue weighted by molar-refractivity contribution is 5.79. The van der Waals surface area contributed by atoms with Gasteiger partial charge in [0.25, 0.3) is 0 Å². The molecule has 0 aromatic carbocycles. The number of nitrogens with one attached hydrogen (secondary N) is 2. The Bertz CT molecular complexity index is 248. The molecule has 1 heterocycles. The van der Waals surface area contributed by atoms with E-state index in [-0.39, 0.29) is 11.8 Å². The van der Waals surface area contributed by atoms with Crippen molar-refractivity contribution in [3.8, 4) is 0 Å². The smallest absolute Gasteiger partial charge is 0.224 e. The summed E-state index contributed by atoms with van der Waals surface area (Å²) < 4.78 is 0. The SMILES string of the molecule is CC(NC(=O)[C@@H]1CNC[C@H]1C)C1CCCC1. The Morgan fingerprint density at radius 3 is 2.56 bits per heavy atom. The Hall–Kier alpha value is -0.570. The zero-order chi connectivity index (χ0) is 11.5.